The summed E-state index contributed by atoms with van der Waals surface area (Å²) in [5.41, 5.74) is 3.78. The second kappa shape index (κ2) is 20.6. The maximum absolute atomic E-state index is 10.4. The molecule has 0 fully saturated rings. The van der Waals surface area contributed by atoms with Crippen molar-refractivity contribution in [3.05, 3.63) is 132 Å². The quantitative estimate of drug-likeness (QED) is 0.209. The van der Waals surface area contributed by atoms with Crippen molar-refractivity contribution in [1.29, 1.82) is 0 Å². The first-order valence-electron chi connectivity index (χ1n) is 11.3. The Balaban J connectivity index is 0.000000625. The fraction of sp³-hybridized carbons (Fsp3) is 0. The molecule has 0 bridgehead atoms. The number of nitrogens with zero attached hydrogens (tertiary/aromatic N) is 3. The zero-order chi connectivity index (χ0) is 29.1. The Morgan fingerprint density at radius 3 is 1.12 bits per heavy atom. The molecule has 0 N–H and O–H groups in total. The molecule has 3 heterocycles. The van der Waals surface area contributed by atoms with Crippen LogP contribution in [-0.4, -0.2) is 26.9 Å². The number of rotatable bonds is 4. The molecule has 0 amide bonds. The van der Waals surface area contributed by atoms with E-state index in [1.54, 1.807) is 24.5 Å². The van der Waals surface area contributed by atoms with Crippen LogP contribution in [0.25, 0.3) is 22.8 Å². The average molecular weight is 1060 g/mol. The van der Waals surface area contributed by atoms with E-state index in [1.165, 1.54) is 24.3 Å². The number of carboxylic acids is 2. The Morgan fingerprint density at radius 1 is 0.512 bits per heavy atom. The molecule has 5 aromatic rings. The third-order valence-corrected chi connectivity index (χ3v) is 6.63. The van der Waals surface area contributed by atoms with Crippen molar-refractivity contribution in [2.75, 3.05) is 0 Å². The van der Waals surface area contributed by atoms with Gasteiger partial charge in [-0.2, -0.15) is 0 Å². The number of benzene rings is 2. The molecule has 0 spiro atoms. The van der Waals surface area contributed by atoms with E-state index in [-0.39, 0.29) is 53.2 Å². The maximum atomic E-state index is 10.4. The number of hydrogen-bond acceptors (Lipinski definition) is 7. The number of carboxylic acid groups (broad SMARTS) is 2. The van der Waals surface area contributed by atoms with Crippen molar-refractivity contribution < 1.29 is 61.9 Å². The fourth-order valence-corrected chi connectivity index (χ4v) is 5.68. The summed E-state index contributed by atoms with van der Waals surface area (Å²) >= 11 is 12.6. The summed E-state index contributed by atoms with van der Waals surface area (Å²) in [5, 5.41) is 20.7. The molecular weight excluding hydrogens is 1040 g/mol. The Hall–Kier alpha value is -2.28. The molecule has 43 heavy (non-hydrogen) atoms. The molecule has 0 saturated carbocycles. The Morgan fingerprint density at radius 2 is 0.837 bits per heavy atom. The van der Waals surface area contributed by atoms with Crippen molar-refractivity contribution in [3.63, 3.8) is 0 Å². The molecule has 2 aromatic carbocycles. The Labute approximate surface area is 304 Å². The smallest absolute Gasteiger partial charge is 0.0894 e. The van der Waals surface area contributed by atoms with Crippen LogP contribution >= 0.6 is 63.7 Å². The van der Waals surface area contributed by atoms with Crippen LogP contribution in [0.15, 0.2) is 121 Å². The summed E-state index contributed by atoms with van der Waals surface area (Å²) < 4.78 is 2.86. The molecule has 3 aromatic heterocycles. The van der Waals surface area contributed by atoms with Crippen molar-refractivity contribution in [3.8, 4) is 22.8 Å². The number of pyridine rings is 3. The van der Waals surface area contributed by atoms with Gasteiger partial charge in [0.25, 0.3) is 0 Å². The van der Waals surface area contributed by atoms with E-state index in [4.69, 9.17) is 0 Å². The Kier molecular flexibility index (Phi) is 19.5. The fourth-order valence-electron chi connectivity index (χ4n) is 3.09. The van der Waals surface area contributed by atoms with Gasteiger partial charge < -0.3 is 30.8 Å². The Bertz CT molecular complexity index is 1460. The number of hydrogen-bond donors (Lipinski definition) is 0. The first kappa shape index (κ1) is 40.7. The number of aromatic carboxylic acids is 2. The molecule has 0 unspecified atom stereocenters. The van der Waals surface area contributed by atoms with Gasteiger partial charge in [0.1, 0.15) is 0 Å². The molecule has 222 valence electrons. The van der Waals surface area contributed by atoms with Crippen LogP contribution in [-0.2, 0) is 11.0 Å². The SMILES string of the molecule is O=C([O-])c1cc(Br)cc(Br)c1.O=C([O-])c1cc(Br)cc(Br)c1.[O-2].[O-2].[U].c1ccc(-c2cccc(-c3ccccn3)n2)nc1. The summed E-state index contributed by atoms with van der Waals surface area (Å²) in [7, 11) is 0. The van der Waals surface area contributed by atoms with Gasteiger partial charge in [-0.15, -0.1) is 0 Å². The van der Waals surface area contributed by atoms with Crippen molar-refractivity contribution in [2.24, 2.45) is 0 Å². The van der Waals surface area contributed by atoms with E-state index in [9.17, 15) is 19.8 Å². The van der Waals surface area contributed by atoms with E-state index in [0.717, 1.165) is 22.8 Å². The van der Waals surface area contributed by atoms with Crippen LogP contribution in [0.4, 0.5) is 0 Å². The molecule has 0 radical (unpaired) electrons. The normalized spacial score (nSPS) is 9.21. The van der Waals surface area contributed by atoms with Crippen LogP contribution in [0, 0.1) is 31.1 Å². The van der Waals surface area contributed by atoms with Crippen molar-refractivity contribution in [2.45, 2.75) is 0 Å². The summed E-state index contributed by atoms with van der Waals surface area (Å²) in [5.74, 6) is -2.35. The van der Waals surface area contributed by atoms with Gasteiger partial charge in [-0.1, -0.05) is 81.9 Å². The minimum atomic E-state index is -1.17. The number of carbonyl (C=O) groups is 2. The monoisotopic (exact) mass is 1060 g/mol. The molecule has 0 aliphatic heterocycles. The average Bonchev–Trinajstić information content (AvgIpc) is 2.94. The number of halogens is 4. The number of aromatic nitrogens is 3. The van der Waals surface area contributed by atoms with Gasteiger partial charge >= 0.3 is 0 Å². The zero-order valence-electron chi connectivity index (χ0n) is 21.6. The van der Waals surface area contributed by atoms with E-state index in [0.29, 0.717) is 17.9 Å². The summed E-state index contributed by atoms with van der Waals surface area (Å²) in [4.78, 5) is 33.9. The van der Waals surface area contributed by atoms with Crippen LogP contribution in [0.2, 0.25) is 0 Å². The van der Waals surface area contributed by atoms with Crippen LogP contribution in [0.3, 0.4) is 0 Å². The topological polar surface area (TPSA) is 176 Å². The van der Waals surface area contributed by atoms with Gasteiger partial charge in [-0.05, 0) is 83.9 Å². The van der Waals surface area contributed by atoms with Crippen LogP contribution in [0.1, 0.15) is 20.7 Å². The molecular formula is C29H17Br4N3O6U-6. The second-order valence-electron chi connectivity index (χ2n) is 7.73. The third kappa shape index (κ3) is 13.9. The van der Waals surface area contributed by atoms with Crippen LogP contribution < -0.4 is 10.2 Å². The molecule has 0 saturated heterocycles. The summed E-state index contributed by atoms with van der Waals surface area (Å²) in [6, 6.07) is 26.9. The van der Waals surface area contributed by atoms with Crippen LogP contribution in [0.5, 0.6) is 0 Å². The van der Waals surface area contributed by atoms with Gasteiger partial charge in [0.05, 0.1) is 34.7 Å². The summed E-state index contributed by atoms with van der Waals surface area (Å²) in [6.07, 6.45) is 3.54. The number of carbonyl (C=O) groups excluding carboxylic acids is 2. The predicted molar refractivity (Wildman–Crippen MR) is 164 cm³/mol. The molecule has 0 aliphatic rings. The molecule has 5 rings (SSSR count). The molecule has 9 nitrogen and oxygen atoms in total. The molecule has 14 heteroatoms. The van der Waals surface area contributed by atoms with Gasteiger partial charge in [0.2, 0.25) is 0 Å². The van der Waals surface area contributed by atoms with Gasteiger partial charge in [0, 0.05) is 61.4 Å². The minimum absolute atomic E-state index is 0. The zero-order valence-corrected chi connectivity index (χ0v) is 32.1. The first-order valence-corrected chi connectivity index (χ1v) is 14.4. The van der Waals surface area contributed by atoms with E-state index >= 15 is 0 Å². The van der Waals surface area contributed by atoms with Crippen molar-refractivity contribution >= 4 is 75.7 Å². The van der Waals surface area contributed by atoms with Gasteiger partial charge in [0.15, 0.2) is 0 Å². The third-order valence-electron chi connectivity index (χ3n) is 4.80. The first-order chi connectivity index (χ1) is 19.1. The van der Waals surface area contributed by atoms with E-state index in [2.05, 4.69) is 78.7 Å². The van der Waals surface area contributed by atoms with Gasteiger partial charge in [-0.25, -0.2) is 4.98 Å². The molecule has 0 atom stereocenters. The maximum Gasteiger partial charge on any atom is 0.0894 e. The largest absolute Gasteiger partial charge is 2.00 e. The van der Waals surface area contributed by atoms with Gasteiger partial charge in [-0.3, -0.25) is 9.97 Å². The predicted octanol–water partition coefficient (Wildman–Crippen LogP) is 6.12. The minimum Gasteiger partial charge on any atom is -2.00 e. The van der Waals surface area contributed by atoms with Crippen molar-refractivity contribution in [1.82, 2.24) is 15.0 Å². The molecule has 0 aliphatic carbocycles. The summed E-state index contributed by atoms with van der Waals surface area (Å²) in [6.45, 7) is 0. The second-order valence-corrected chi connectivity index (χ2v) is 11.4. The van der Waals surface area contributed by atoms with E-state index in [1.807, 2.05) is 54.6 Å². The van der Waals surface area contributed by atoms with E-state index < -0.39 is 11.9 Å². The standard InChI is InChI=1S/C15H11N3.2C7H4Br2O2.2O.U/c1-3-10-16-12(6-1)14-8-5-9-15(18-14)13-7-2-4-11-17-13;2*8-5-1-4(7(10)11)2-6(9)3-5;;;/h1-11H;2*1-3H,(H,10,11);;;/q;;;2*-2;/p-2.